The molecule has 0 saturated heterocycles. The first-order valence-corrected chi connectivity index (χ1v) is 10.0. The zero-order chi connectivity index (χ0) is 15.2. The fourth-order valence-corrected chi connectivity index (χ4v) is 3.61. The first-order chi connectivity index (χ1) is 9.07. The maximum Gasteiger partial charge on any atom is 0.193 e. The fraction of sp³-hybridized carbons (Fsp3) is 0.562. The third kappa shape index (κ3) is 2.86. The summed E-state index contributed by atoms with van der Waals surface area (Å²) in [5.74, 6) is -0.170. The van der Waals surface area contributed by atoms with Gasteiger partial charge in [-0.3, -0.25) is 9.78 Å². The number of rotatable bonds is 4. The lowest BCUT2D eigenvalue weighted by atomic mass is 10.1. The molecule has 0 amide bonds. The highest BCUT2D eigenvalue weighted by Gasteiger charge is 2.53. The normalized spacial score (nSPS) is 17.9. The van der Waals surface area contributed by atoms with Crippen LogP contribution in [-0.4, -0.2) is 19.1 Å². The van der Waals surface area contributed by atoms with Gasteiger partial charge in [-0.2, -0.15) is 0 Å². The molecule has 1 saturated carbocycles. The smallest absolute Gasteiger partial charge is 0.193 e. The van der Waals surface area contributed by atoms with Gasteiger partial charge in [0.15, 0.2) is 14.1 Å². The molecule has 4 heteroatoms. The van der Waals surface area contributed by atoms with Crippen molar-refractivity contribution < 1.29 is 9.22 Å². The Morgan fingerprint density at radius 3 is 2.45 bits per heavy atom. The van der Waals surface area contributed by atoms with E-state index in [1.54, 1.807) is 12.3 Å². The molecule has 0 spiro atoms. The van der Waals surface area contributed by atoms with E-state index in [2.05, 4.69) is 45.8 Å². The summed E-state index contributed by atoms with van der Waals surface area (Å²) in [6, 6.07) is 3.55. The van der Waals surface area contributed by atoms with Crippen LogP contribution in [0.2, 0.25) is 18.1 Å². The van der Waals surface area contributed by atoms with Crippen LogP contribution in [0.4, 0.5) is 0 Å². The third-order valence-electron chi connectivity index (χ3n) is 4.51. The standard InChI is InChI=1S/C16H24NO2Si/c1-12(18)13-7-10-17-14(11-13)16(8-9-16)19-20(5,6)15(2,3)4/h7,10-11H,1,8-9H2,2-6H3. The predicted octanol–water partition coefficient (Wildman–Crippen LogP) is 4.11. The second kappa shape index (κ2) is 4.78. The van der Waals surface area contributed by atoms with E-state index in [-0.39, 0.29) is 16.4 Å². The van der Waals surface area contributed by atoms with E-state index >= 15 is 0 Å². The van der Waals surface area contributed by atoms with Crippen LogP contribution in [-0.2, 0) is 10.0 Å². The Morgan fingerprint density at radius 1 is 1.40 bits per heavy atom. The molecule has 1 aliphatic carbocycles. The van der Waals surface area contributed by atoms with Crippen molar-refractivity contribution in [3.63, 3.8) is 0 Å². The fourth-order valence-electron chi connectivity index (χ4n) is 2.02. The van der Waals surface area contributed by atoms with E-state index in [4.69, 9.17) is 4.43 Å². The van der Waals surface area contributed by atoms with E-state index in [1.165, 1.54) is 0 Å². The summed E-state index contributed by atoms with van der Waals surface area (Å²) in [5.41, 5.74) is 1.23. The van der Waals surface area contributed by atoms with E-state index in [9.17, 15) is 4.79 Å². The summed E-state index contributed by atoms with van der Waals surface area (Å²) in [7, 11) is -1.85. The van der Waals surface area contributed by atoms with Crippen molar-refractivity contribution in [3.8, 4) is 0 Å². The van der Waals surface area contributed by atoms with Crippen molar-refractivity contribution in [2.75, 3.05) is 0 Å². The molecule has 0 atom stereocenters. The van der Waals surface area contributed by atoms with Crippen LogP contribution in [0.1, 0.15) is 49.7 Å². The SMILES string of the molecule is [CH2]C(=O)c1ccnc(C2(O[Si](C)(C)C(C)(C)C)CC2)c1. The van der Waals surface area contributed by atoms with Crippen LogP contribution in [0.5, 0.6) is 0 Å². The quantitative estimate of drug-likeness (QED) is 0.619. The maximum absolute atomic E-state index is 11.4. The number of pyridine rings is 1. The molecule has 0 N–H and O–H groups in total. The van der Waals surface area contributed by atoms with Gasteiger partial charge in [0.2, 0.25) is 0 Å². The highest BCUT2D eigenvalue weighted by atomic mass is 28.4. The lowest BCUT2D eigenvalue weighted by molar-refractivity contribution is 0.104. The van der Waals surface area contributed by atoms with Crippen LogP contribution < -0.4 is 0 Å². The van der Waals surface area contributed by atoms with E-state index < -0.39 is 8.32 Å². The van der Waals surface area contributed by atoms with Crippen LogP contribution in [0.25, 0.3) is 0 Å². The lowest BCUT2D eigenvalue weighted by Crippen LogP contribution is -2.44. The maximum atomic E-state index is 11.4. The van der Waals surface area contributed by atoms with Crippen molar-refractivity contribution in [2.24, 2.45) is 0 Å². The molecule has 1 heterocycles. The molecular weight excluding hydrogens is 266 g/mol. The van der Waals surface area contributed by atoms with Gasteiger partial charge in [0, 0.05) is 18.7 Å². The third-order valence-corrected chi connectivity index (χ3v) is 9.02. The van der Waals surface area contributed by atoms with E-state index in [0.717, 1.165) is 18.5 Å². The van der Waals surface area contributed by atoms with Gasteiger partial charge in [0.25, 0.3) is 0 Å². The Morgan fingerprint density at radius 2 is 2.00 bits per heavy atom. The molecule has 1 aromatic heterocycles. The molecule has 0 bridgehead atoms. The van der Waals surface area contributed by atoms with E-state index in [1.807, 2.05) is 6.07 Å². The minimum absolute atomic E-state index is 0.169. The largest absolute Gasteiger partial charge is 0.406 e. The Kier molecular flexibility index (Phi) is 3.67. The van der Waals surface area contributed by atoms with Gasteiger partial charge < -0.3 is 4.43 Å². The minimum Gasteiger partial charge on any atom is -0.406 e. The van der Waals surface area contributed by atoms with Gasteiger partial charge in [-0.1, -0.05) is 20.8 Å². The number of Topliss-reactive ketones (excluding diaryl/α,β-unsaturated/α-hetero) is 1. The Labute approximate surface area is 122 Å². The van der Waals surface area contributed by atoms with Gasteiger partial charge in [0.1, 0.15) is 0 Å². The van der Waals surface area contributed by atoms with Crippen molar-refractivity contribution in [2.45, 2.75) is 57.3 Å². The zero-order valence-electron chi connectivity index (χ0n) is 13.1. The molecule has 0 unspecified atom stereocenters. The zero-order valence-corrected chi connectivity index (χ0v) is 14.1. The van der Waals surface area contributed by atoms with Gasteiger partial charge >= 0.3 is 0 Å². The predicted molar refractivity (Wildman–Crippen MR) is 83.1 cm³/mol. The minimum atomic E-state index is -1.85. The van der Waals surface area contributed by atoms with Crippen LogP contribution in [0, 0.1) is 6.92 Å². The van der Waals surface area contributed by atoms with Crippen LogP contribution in [0.15, 0.2) is 18.3 Å². The van der Waals surface area contributed by atoms with Gasteiger partial charge in [0.05, 0.1) is 11.3 Å². The second-order valence-corrected chi connectivity index (χ2v) is 11.9. The summed E-state index contributed by atoms with van der Waals surface area (Å²) >= 11 is 0. The Balaban J connectivity index is 2.28. The Bertz CT molecular complexity index is 528. The topological polar surface area (TPSA) is 39.2 Å². The number of nitrogens with zero attached hydrogens (tertiary/aromatic N) is 1. The summed E-state index contributed by atoms with van der Waals surface area (Å²) in [6.45, 7) is 14.7. The molecule has 20 heavy (non-hydrogen) atoms. The molecule has 3 nitrogen and oxygen atoms in total. The summed E-state index contributed by atoms with van der Waals surface area (Å²) in [4.78, 5) is 15.9. The molecule has 2 rings (SSSR count). The molecule has 1 aromatic rings. The van der Waals surface area contributed by atoms with Crippen molar-refractivity contribution in [1.82, 2.24) is 4.98 Å². The number of carbonyl (C=O) groups is 1. The van der Waals surface area contributed by atoms with Crippen molar-refractivity contribution in [1.29, 1.82) is 0 Å². The molecule has 0 aliphatic heterocycles. The molecule has 1 fully saturated rings. The molecule has 0 aromatic carbocycles. The average molecular weight is 290 g/mol. The number of hydrogen-bond donors (Lipinski definition) is 0. The number of hydrogen-bond acceptors (Lipinski definition) is 3. The van der Waals surface area contributed by atoms with Gasteiger partial charge in [-0.25, -0.2) is 0 Å². The summed E-state index contributed by atoms with van der Waals surface area (Å²) in [6.07, 6.45) is 3.66. The first kappa shape index (κ1) is 15.4. The highest BCUT2D eigenvalue weighted by Crippen LogP contribution is 2.53. The first-order valence-electron chi connectivity index (χ1n) is 7.10. The molecule has 1 aliphatic rings. The van der Waals surface area contributed by atoms with Crippen molar-refractivity contribution in [3.05, 3.63) is 36.5 Å². The molecular formula is C16H24NO2Si. The van der Waals surface area contributed by atoms with Gasteiger partial charge in [-0.05, 0) is 43.1 Å². The lowest BCUT2D eigenvalue weighted by Gasteiger charge is -2.39. The van der Waals surface area contributed by atoms with Crippen LogP contribution in [0.3, 0.4) is 0 Å². The molecule has 109 valence electrons. The molecule has 1 radical (unpaired) electrons. The Hall–Kier alpha value is -1.00. The van der Waals surface area contributed by atoms with Gasteiger partial charge in [-0.15, -0.1) is 0 Å². The van der Waals surface area contributed by atoms with Crippen LogP contribution >= 0.6 is 0 Å². The number of ketones is 1. The summed E-state index contributed by atoms with van der Waals surface area (Å²) < 4.78 is 6.57. The average Bonchev–Trinajstić information content (AvgIpc) is 3.08. The second-order valence-electron chi connectivity index (χ2n) is 7.21. The number of aromatic nitrogens is 1. The van der Waals surface area contributed by atoms with E-state index in [0.29, 0.717) is 5.56 Å². The summed E-state index contributed by atoms with van der Waals surface area (Å²) in [5, 5.41) is 0.169. The number of carbonyl (C=O) groups excluding carboxylic acids is 1. The monoisotopic (exact) mass is 290 g/mol. The highest BCUT2D eigenvalue weighted by molar-refractivity contribution is 6.74. The van der Waals surface area contributed by atoms with Crippen molar-refractivity contribution >= 4 is 14.1 Å².